The number of hydrogen-bond acceptors (Lipinski definition) is 2. The molecule has 1 radical (unpaired) electrons. The Labute approximate surface area is 49.3 Å². The van der Waals surface area contributed by atoms with Crippen LogP contribution in [0.4, 0.5) is 0 Å². The second-order valence-corrected chi connectivity index (χ2v) is 1.99. The fourth-order valence-electron chi connectivity index (χ4n) is 0.542. The number of hydrogen-bond donors (Lipinski definition) is 0. The van der Waals surface area contributed by atoms with Crippen LogP contribution >= 0.6 is 0 Å². The van der Waals surface area contributed by atoms with Gasteiger partial charge in [-0.2, -0.15) is 10.2 Å². The Balaban J connectivity index is 2.69. The molecule has 2 heteroatoms. The summed E-state index contributed by atoms with van der Waals surface area (Å²) < 4.78 is 0. The van der Waals surface area contributed by atoms with Crippen LogP contribution in [0.15, 0.2) is 22.5 Å². The van der Waals surface area contributed by atoms with Gasteiger partial charge in [0.25, 0.3) is 0 Å². The number of azo groups is 1. The van der Waals surface area contributed by atoms with E-state index in [9.17, 15) is 0 Å². The second-order valence-electron chi connectivity index (χ2n) is 1.99. The van der Waals surface area contributed by atoms with Gasteiger partial charge in [0.2, 0.25) is 0 Å². The molecule has 0 bridgehead atoms. The first-order valence-electron chi connectivity index (χ1n) is 2.72. The van der Waals surface area contributed by atoms with E-state index in [-0.39, 0.29) is 5.54 Å². The smallest absolute Gasteiger partial charge is 0.102 e. The standard InChI is InChI=1S/C6H9N2/c1-3-6(2)4-5-7-8-6/h4-5H,2-3H2,1H3. The predicted octanol–water partition coefficient (Wildman–Crippen LogP) is 1.95. The van der Waals surface area contributed by atoms with Gasteiger partial charge in [-0.15, -0.1) is 0 Å². The van der Waals surface area contributed by atoms with Gasteiger partial charge < -0.3 is 0 Å². The fourth-order valence-corrected chi connectivity index (χ4v) is 0.542. The molecule has 2 nitrogen and oxygen atoms in total. The van der Waals surface area contributed by atoms with E-state index in [4.69, 9.17) is 0 Å². The highest BCUT2D eigenvalue weighted by Gasteiger charge is 2.19. The second kappa shape index (κ2) is 1.69. The van der Waals surface area contributed by atoms with Crippen molar-refractivity contribution in [3.8, 4) is 0 Å². The maximum absolute atomic E-state index is 3.89. The summed E-state index contributed by atoms with van der Waals surface area (Å²) in [6.07, 6.45) is 4.52. The summed E-state index contributed by atoms with van der Waals surface area (Å²) in [5, 5.41) is 7.58. The first-order valence-corrected chi connectivity index (χ1v) is 2.72. The van der Waals surface area contributed by atoms with Crippen LogP contribution in [0.2, 0.25) is 0 Å². The Morgan fingerprint density at radius 2 is 2.50 bits per heavy atom. The van der Waals surface area contributed by atoms with Crippen LogP contribution < -0.4 is 0 Å². The Morgan fingerprint density at radius 1 is 1.75 bits per heavy atom. The zero-order valence-electron chi connectivity index (χ0n) is 4.96. The lowest BCUT2D eigenvalue weighted by Gasteiger charge is -2.10. The van der Waals surface area contributed by atoms with Crippen molar-refractivity contribution < 1.29 is 0 Å². The van der Waals surface area contributed by atoms with E-state index < -0.39 is 0 Å². The van der Waals surface area contributed by atoms with E-state index in [2.05, 4.69) is 17.2 Å². The van der Waals surface area contributed by atoms with Crippen LogP contribution in [0.5, 0.6) is 0 Å². The molecule has 0 amide bonds. The highest BCUT2D eigenvalue weighted by Crippen LogP contribution is 2.20. The summed E-state index contributed by atoms with van der Waals surface area (Å²) in [5.74, 6) is 0. The van der Waals surface area contributed by atoms with Gasteiger partial charge in [-0.1, -0.05) is 6.92 Å². The quantitative estimate of drug-likeness (QED) is 0.491. The van der Waals surface area contributed by atoms with Crippen LogP contribution in [0.3, 0.4) is 0 Å². The Hall–Kier alpha value is -0.660. The van der Waals surface area contributed by atoms with Crippen LogP contribution in [0, 0.1) is 6.92 Å². The largest absolute Gasteiger partial charge is 0.178 e. The van der Waals surface area contributed by atoms with Crippen molar-refractivity contribution in [1.29, 1.82) is 0 Å². The average molecular weight is 109 g/mol. The molecule has 0 aromatic heterocycles. The minimum Gasteiger partial charge on any atom is -0.178 e. The molecule has 0 spiro atoms. The van der Waals surface area contributed by atoms with Crippen LogP contribution in [0.25, 0.3) is 0 Å². The lowest BCUT2D eigenvalue weighted by Crippen LogP contribution is -2.13. The topological polar surface area (TPSA) is 24.7 Å². The molecule has 1 aliphatic heterocycles. The third-order valence-corrected chi connectivity index (χ3v) is 1.32. The molecule has 1 aliphatic rings. The third-order valence-electron chi connectivity index (χ3n) is 1.32. The molecular formula is C6H9N2. The Morgan fingerprint density at radius 3 is 2.75 bits per heavy atom. The fraction of sp³-hybridized carbons (Fsp3) is 0.500. The molecule has 0 aromatic carbocycles. The zero-order chi connectivity index (χ0) is 6.04. The van der Waals surface area contributed by atoms with Gasteiger partial charge >= 0.3 is 0 Å². The molecule has 8 heavy (non-hydrogen) atoms. The summed E-state index contributed by atoms with van der Waals surface area (Å²) >= 11 is 0. The SMILES string of the molecule is [CH2]C1(CC)C=CN=N1. The molecule has 1 unspecified atom stereocenters. The van der Waals surface area contributed by atoms with Crippen molar-refractivity contribution in [2.45, 2.75) is 18.9 Å². The molecule has 0 saturated carbocycles. The summed E-state index contributed by atoms with van der Waals surface area (Å²) in [6.45, 7) is 5.88. The molecule has 1 heterocycles. The van der Waals surface area contributed by atoms with Crippen LogP contribution in [-0.4, -0.2) is 5.54 Å². The van der Waals surface area contributed by atoms with E-state index in [1.807, 2.05) is 13.0 Å². The third kappa shape index (κ3) is 0.782. The molecule has 0 saturated heterocycles. The lowest BCUT2D eigenvalue weighted by molar-refractivity contribution is 0.618. The Kier molecular flexibility index (Phi) is 1.16. The lowest BCUT2D eigenvalue weighted by atomic mass is 10.0. The monoisotopic (exact) mass is 109 g/mol. The zero-order valence-corrected chi connectivity index (χ0v) is 4.96. The summed E-state index contributed by atoms with van der Waals surface area (Å²) in [5.41, 5.74) is -0.236. The molecule has 43 valence electrons. The number of nitrogens with zero attached hydrogens (tertiary/aromatic N) is 2. The summed E-state index contributed by atoms with van der Waals surface area (Å²) in [4.78, 5) is 0. The van der Waals surface area contributed by atoms with Gasteiger partial charge in [-0.3, -0.25) is 0 Å². The molecule has 1 rings (SSSR count). The maximum atomic E-state index is 3.89. The molecule has 0 N–H and O–H groups in total. The predicted molar refractivity (Wildman–Crippen MR) is 32.4 cm³/mol. The van der Waals surface area contributed by atoms with Crippen molar-refractivity contribution in [3.05, 3.63) is 19.2 Å². The van der Waals surface area contributed by atoms with Crippen molar-refractivity contribution in [3.63, 3.8) is 0 Å². The van der Waals surface area contributed by atoms with Gasteiger partial charge in [-0.05, 0) is 19.4 Å². The van der Waals surface area contributed by atoms with E-state index >= 15 is 0 Å². The summed E-state index contributed by atoms with van der Waals surface area (Å²) in [6, 6.07) is 0. The Bertz CT molecular complexity index is 123. The van der Waals surface area contributed by atoms with E-state index in [1.165, 1.54) is 0 Å². The maximum Gasteiger partial charge on any atom is 0.102 e. The van der Waals surface area contributed by atoms with E-state index in [0.29, 0.717) is 0 Å². The van der Waals surface area contributed by atoms with Gasteiger partial charge in [0.1, 0.15) is 5.54 Å². The van der Waals surface area contributed by atoms with Crippen molar-refractivity contribution in [1.82, 2.24) is 0 Å². The molecule has 0 fully saturated rings. The number of rotatable bonds is 1. The minimum atomic E-state index is -0.236. The first kappa shape index (κ1) is 5.48. The van der Waals surface area contributed by atoms with E-state index in [0.717, 1.165) is 6.42 Å². The van der Waals surface area contributed by atoms with Crippen molar-refractivity contribution >= 4 is 0 Å². The molecular weight excluding hydrogens is 100 g/mol. The summed E-state index contributed by atoms with van der Waals surface area (Å²) in [7, 11) is 0. The van der Waals surface area contributed by atoms with Crippen LogP contribution in [-0.2, 0) is 0 Å². The van der Waals surface area contributed by atoms with Crippen molar-refractivity contribution in [2.75, 3.05) is 0 Å². The molecule has 0 aliphatic carbocycles. The first-order chi connectivity index (χ1) is 3.77. The van der Waals surface area contributed by atoms with Gasteiger partial charge in [0, 0.05) is 6.20 Å². The van der Waals surface area contributed by atoms with Crippen LogP contribution in [0.1, 0.15) is 13.3 Å². The highest BCUT2D eigenvalue weighted by atomic mass is 15.2. The molecule has 0 aromatic rings. The van der Waals surface area contributed by atoms with Gasteiger partial charge in [0.15, 0.2) is 0 Å². The van der Waals surface area contributed by atoms with E-state index in [1.54, 1.807) is 6.20 Å². The average Bonchev–Trinajstić information content (AvgIpc) is 2.17. The molecule has 1 atom stereocenters. The van der Waals surface area contributed by atoms with Gasteiger partial charge in [-0.25, -0.2) is 0 Å². The minimum absolute atomic E-state index is 0.236. The highest BCUT2D eigenvalue weighted by molar-refractivity contribution is 5.10. The van der Waals surface area contributed by atoms with Gasteiger partial charge in [0.05, 0.1) is 0 Å². The van der Waals surface area contributed by atoms with Crippen molar-refractivity contribution in [2.24, 2.45) is 10.2 Å². The normalized spacial score (nSPS) is 34.2.